The van der Waals surface area contributed by atoms with Crippen LogP contribution in [-0.4, -0.2) is 21.2 Å². The van der Waals surface area contributed by atoms with E-state index in [1.54, 1.807) is 30.0 Å². The zero-order valence-corrected chi connectivity index (χ0v) is 15.3. The molecular weight excluding hydrogens is 377 g/mol. The molecule has 0 spiro atoms. The van der Waals surface area contributed by atoms with Crippen molar-refractivity contribution in [2.45, 2.75) is 11.7 Å². The van der Waals surface area contributed by atoms with Crippen molar-refractivity contribution in [3.05, 3.63) is 64.3 Å². The van der Waals surface area contributed by atoms with Crippen LogP contribution in [0.15, 0.2) is 53.8 Å². The number of carbonyl (C=O) groups excluding carboxylic acids is 1. The summed E-state index contributed by atoms with van der Waals surface area (Å²) >= 11 is 13.7. The number of imidazole rings is 1. The maximum atomic E-state index is 12.4. The van der Waals surface area contributed by atoms with Crippen LogP contribution in [0.2, 0.25) is 10.0 Å². The molecule has 7 heteroatoms. The maximum Gasteiger partial charge on any atom is 0.255 e. The van der Waals surface area contributed by atoms with Crippen molar-refractivity contribution in [2.24, 2.45) is 0 Å². The lowest BCUT2D eigenvalue weighted by molar-refractivity contribution is 0.102. The lowest BCUT2D eigenvalue weighted by Crippen LogP contribution is -2.11. The summed E-state index contributed by atoms with van der Waals surface area (Å²) in [4.78, 5) is 17.1. The Morgan fingerprint density at radius 2 is 1.96 bits per heavy atom. The van der Waals surface area contributed by atoms with E-state index in [0.717, 1.165) is 28.7 Å². The minimum absolute atomic E-state index is 0.260. The van der Waals surface area contributed by atoms with Crippen molar-refractivity contribution in [3.8, 4) is 11.3 Å². The van der Waals surface area contributed by atoms with Crippen LogP contribution in [0.3, 0.4) is 0 Å². The number of nitrogens with one attached hydrogen (secondary N) is 1. The molecule has 0 radical (unpaired) electrons. The Bertz CT molecular complexity index is 929. The van der Waals surface area contributed by atoms with E-state index in [9.17, 15) is 4.79 Å². The number of hydrogen-bond donors (Lipinski definition) is 1. The predicted octanol–water partition coefficient (Wildman–Crippen LogP) is 5.21. The first-order valence-electron chi connectivity index (χ1n) is 7.66. The largest absolute Gasteiger partial charge is 0.325 e. The van der Waals surface area contributed by atoms with Gasteiger partial charge >= 0.3 is 0 Å². The van der Waals surface area contributed by atoms with Gasteiger partial charge in [0.25, 0.3) is 5.91 Å². The quantitative estimate of drug-likeness (QED) is 0.668. The highest BCUT2D eigenvalue weighted by molar-refractivity contribution is 7.99. The van der Waals surface area contributed by atoms with Gasteiger partial charge in [0.1, 0.15) is 0 Å². The molecule has 3 aromatic rings. The fourth-order valence-electron chi connectivity index (χ4n) is 2.69. The molecule has 4 nitrogen and oxygen atoms in total. The van der Waals surface area contributed by atoms with Crippen molar-refractivity contribution in [1.82, 2.24) is 9.55 Å². The molecule has 1 aliphatic rings. The van der Waals surface area contributed by atoms with E-state index in [1.165, 1.54) is 0 Å². The van der Waals surface area contributed by atoms with Crippen LogP contribution in [0.25, 0.3) is 11.3 Å². The van der Waals surface area contributed by atoms with E-state index in [1.807, 2.05) is 30.5 Å². The third-order valence-corrected chi connectivity index (χ3v) is 5.25. The fraction of sp³-hybridized carbons (Fsp3) is 0.111. The smallest absolute Gasteiger partial charge is 0.255 e. The van der Waals surface area contributed by atoms with Gasteiger partial charge in [-0.15, -0.1) is 0 Å². The number of carbonyl (C=O) groups is 1. The third-order valence-electron chi connectivity index (χ3n) is 3.84. The maximum absolute atomic E-state index is 12.4. The number of nitrogens with zero attached hydrogens (tertiary/aromatic N) is 2. The Morgan fingerprint density at radius 3 is 2.72 bits per heavy atom. The van der Waals surface area contributed by atoms with Gasteiger partial charge in [0.2, 0.25) is 0 Å². The van der Waals surface area contributed by atoms with Crippen molar-refractivity contribution in [3.63, 3.8) is 0 Å². The third kappa shape index (κ3) is 3.54. The zero-order valence-electron chi connectivity index (χ0n) is 13.0. The van der Waals surface area contributed by atoms with Gasteiger partial charge in [-0.25, -0.2) is 4.98 Å². The number of rotatable bonds is 3. The average molecular weight is 390 g/mol. The number of aryl methyl sites for hydroxylation is 1. The standard InChI is InChI=1S/C18H13Cl2N3OS/c19-13-6-12(7-14(20)9-13)17(24)21-15-3-1-2-11(8-15)16-10-23-4-5-25-18(23)22-16/h1-3,6-10H,4-5H2,(H,21,24). The van der Waals surface area contributed by atoms with E-state index in [-0.39, 0.29) is 5.91 Å². The molecule has 1 N–H and O–H groups in total. The van der Waals surface area contributed by atoms with Gasteiger partial charge in [-0.05, 0) is 30.3 Å². The van der Waals surface area contributed by atoms with Crippen LogP contribution in [0.4, 0.5) is 5.69 Å². The summed E-state index contributed by atoms with van der Waals surface area (Å²) in [5.41, 5.74) is 2.98. The van der Waals surface area contributed by atoms with Crippen molar-refractivity contribution in [1.29, 1.82) is 0 Å². The van der Waals surface area contributed by atoms with E-state index in [2.05, 4.69) is 14.9 Å². The molecular formula is C18H13Cl2N3OS. The summed E-state index contributed by atoms with van der Waals surface area (Å²) in [5, 5.41) is 4.77. The summed E-state index contributed by atoms with van der Waals surface area (Å²) in [7, 11) is 0. The molecule has 1 aromatic heterocycles. The molecule has 0 saturated carbocycles. The number of thioether (sulfide) groups is 1. The minimum Gasteiger partial charge on any atom is -0.325 e. The number of halogens is 2. The highest BCUT2D eigenvalue weighted by Crippen LogP contribution is 2.30. The fourth-order valence-corrected chi connectivity index (χ4v) is 4.16. The van der Waals surface area contributed by atoms with Gasteiger partial charge in [-0.1, -0.05) is 47.1 Å². The molecule has 4 rings (SSSR count). The second kappa shape index (κ2) is 6.75. The van der Waals surface area contributed by atoms with Gasteiger partial charge in [-0.2, -0.15) is 0 Å². The van der Waals surface area contributed by atoms with Crippen LogP contribution < -0.4 is 5.32 Å². The molecule has 2 heterocycles. The Labute approximate surface area is 159 Å². The summed E-state index contributed by atoms with van der Waals surface area (Å²) in [5.74, 6) is 0.811. The normalized spacial score (nSPS) is 12.9. The molecule has 0 fully saturated rings. The Hall–Kier alpha value is -1.95. The van der Waals surface area contributed by atoms with E-state index >= 15 is 0 Å². The molecule has 0 unspecified atom stereocenters. The monoisotopic (exact) mass is 389 g/mol. The second-order valence-corrected chi connectivity index (χ2v) is 7.58. The number of fused-ring (bicyclic) bond motifs is 1. The van der Waals surface area contributed by atoms with Crippen LogP contribution in [0, 0.1) is 0 Å². The van der Waals surface area contributed by atoms with Gasteiger partial charge in [0, 0.05) is 45.4 Å². The molecule has 0 saturated heterocycles. The summed E-state index contributed by atoms with van der Waals surface area (Å²) in [6.07, 6.45) is 2.05. The Kier molecular flexibility index (Phi) is 4.46. The highest BCUT2D eigenvalue weighted by atomic mass is 35.5. The van der Waals surface area contributed by atoms with Crippen LogP contribution in [0.5, 0.6) is 0 Å². The van der Waals surface area contributed by atoms with Gasteiger partial charge < -0.3 is 9.88 Å². The first kappa shape index (κ1) is 16.5. The number of anilines is 1. The molecule has 0 bridgehead atoms. The van der Waals surface area contributed by atoms with Crippen molar-refractivity contribution in [2.75, 3.05) is 11.1 Å². The van der Waals surface area contributed by atoms with Crippen LogP contribution in [-0.2, 0) is 6.54 Å². The molecule has 126 valence electrons. The second-order valence-electron chi connectivity index (χ2n) is 5.64. The number of hydrogen-bond acceptors (Lipinski definition) is 3. The Balaban J connectivity index is 1.57. The molecule has 0 aliphatic carbocycles. The van der Waals surface area contributed by atoms with E-state index in [4.69, 9.17) is 23.2 Å². The molecule has 25 heavy (non-hydrogen) atoms. The zero-order chi connectivity index (χ0) is 17.4. The lowest BCUT2D eigenvalue weighted by Gasteiger charge is -2.07. The minimum atomic E-state index is -0.260. The molecule has 2 aromatic carbocycles. The SMILES string of the molecule is O=C(Nc1cccc(-c2cn3c(n2)SCC3)c1)c1cc(Cl)cc(Cl)c1. The predicted molar refractivity (Wildman–Crippen MR) is 103 cm³/mol. The van der Waals surface area contributed by atoms with E-state index < -0.39 is 0 Å². The molecule has 0 atom stereocenters. The van der Waals surface area contributed by atoms with E-state index in [0.29, 0.717) is 21.3 Å². The Morgan fingerprint density at radius 1 is 1.16 bits per heavy atom. The highest BCUT2D eigenvalue weighted by Gasteiger charge is 2.15. The number of benzene rings is 2. The van der Waals surface area contributed by atoms with Crippen LogP contribution in [0.1, 0.15) is 10.4 Å². The summed E-state index contributed by atoms with van der Waals surface area (Å²) in [6, 6.07) is 12.4. The van der Waals surface area contributed by atoms with Gasteiger partial charge in [0.15, 0.2) is 5.16 Å². The van der Waals surface area contributed by atoms with Gasteiger partial charge in [-0.3, -0.25) is 4.79 Å². The first-order valence-corrected chi connectivity index (χ1v) is 9.40. The van der Waals surface area contributed by atoms with Crippen molar-refractivity contribution < 1.29 is 4.79 Å². The summed E-state index contributed by atoms with van der Waals surface area (Å²) in [6.45, 7) is 0.985. The molecule has 1 aliphatic heterocycles. The topological polar surface area (TPSA) is 46.9 Å². The number of aromatic nitrogens is 2. The average Bonchev–Trinajstić information content (AvgIpc) is 3.16. The number of amides is 1. The lowest BCUT2D eigenvalue weighted by atomic mass is 10.1. The van der Waals surface area contributed by atoms with Crippen LogP contribution >= 0.6 is 35.0 Å². The molecule has 1 amide bonds. The first-order chi connectivity index (χ1) is 12.1. The van der Waals surface area contributed by atoms with Crippen molar-refractivity contribution >= 4 is 46.6 Å². The summed E-state index contributed by atoms with van der Waals surface area (Å²) < 4.78 is 2.15. The van der Waals surface area contributed by atoms with Gasteiger partial charge in [0.05, 0.1) is 5.69 Å².